The summed E-state index contributed by atoms with van der Waals surface area (Å²) < 4.78 is 31.5. The molecule has 1 atom stereocenters. The fraction of sp³-hybridized carbons (Fsp3) is 0.417. The number of aromatic nitrogens is 2. The van der Waals surface area contributed by atoms with Crippen molar-refractivity contribution in [3.63, 3.8) is 0 Å². The third-order valence-electron chi connectivity index (χ3n) is 5.26. The van der Waals surface area contributed by atoms with E-state index in [-0.39, 0.29) is 24.3 Å². The van der Waals surface area contributed by atoms with E-state index in [9.17, 15) is 22.8 Å². The van der Waals surface area contributed by atoms with Gasteiger partial charge in [-0.25, -0.2) is 9.97 Å². The zero-order chi connectivity index (χ0) is 27.4. The van der Waals surface area contributed by atoms with Gasteiger partial charge in [-0.1, -0.05) is 54.8 Å². The Morgan fingerprint density at radius 1 is 1.19 bits per heavy atom. The number of nitrogens with zero attached hydrogens (tertiary/aromatic N) is 1. The Labute approximate surface area is 217 Å². The lowest BCUT2D eigenvalue weighted by Gasteiger charge is -2.18. The summed E-state index contributed by atoms with van der Waals surface area (Å²) in [5.41, 5.74) is 2.05. The summed E-state index contributed by atoms with van der Waals surface area (Å²) >= 11 is 5.92. The smallest absolute Gasteiger partial charge is 0.430 e. The molecular formula is C24H29ClF3N5O4. The highest BCUT2D eigenvalue weighted by molar-refractivity contribution is 6.29. The Bertz CT molecular complexity index is 1080. The van der Waals surface area contributed by atoms with Gasteiger partial charge in [-0.15, -0.1) is 0 Å². The summed E-state index contributed by atoms with van der Waals surface area (Å²) in [5.74, 6) is -2.00. The van der Waals surface area contributed by atoms with Crippen LogP contribution in [-0.4, -0.2) is 46.9 Å². The molecule has 0 saturated carbocycles. The first-order chi connectivity index (χ1) is 17.5. The molecule has 2 heterocycles. The summed E-state index contributed by atoms with van der Waals surface area (Å²) in [6.07, 6.45) is 2.60. The number of halogens is 4. The number of imidazole rings is 1. The number of alkyl halides is 3. The summed E-state index contributed by atoms with van der Waals surface area (Å²) in [6, 6.07) is 9.88. The maximum Gasteiger partial charge on any atom is 0.430 e. The van der Waals surface area contributed by atoms with Crippen LogP contribution in [0, 0.1) is 0 Å². The highest BCUT2D eigenvalue weighted by Crippen LogP contribution is 2.21. The molecule has 0 aliphatic carbocycles. The fourth-order valence-corrected chi connectivity index (χ4v) is 3.67. The van der Waals surface area contributed by atoms with Crippen LogP contribution >= 0.6 is 11.6 Å². The Morgan fingerprint density at radius 2 is 1.86 bits per heavy atom. The number of carboxylic acids is 1. The molecule has 1 aliphatic rings. The van der Waals surface area contributed by atoms with Gasteiger partial charge in [-0.05, 0) is 19.8 Å². The second kappa shape index (κ2) is 14.3. The Balaban J connectivity index is 0.000000604. The first-order valence-electron chi connectivity index (χ1n) is 11.5. The second-order valence-corrected chi connectivity index (χ2v) is 8.78. The van der Waals surface area contributed by atoms with Gasteiger partial charge in [0, 0.05) is 18.2 Å². The number of amides is 1. The molecule has 0 fully saturated rings. The Hall–Kier alpha value is -3.54. The van der Waals surface area contributed by atoms with Crippen LogP contribution < -0.4 is 20.7 Å². The van der Waals surface area contributed by atoms with E-state index in [4.69, 9.17) is 21.5 Å². The maximum absolute atomic E-state index is 12.6. The van der Waals surface area contributed by atoms with Gasteiger partial charge < -0.3 is 30.2 Å². The minimum absolute atomic E-state index is 0.0718. The first kappa shape index (κ1) is 29.7. The molecule has 13 heteroatoms. The summed E-state index contributed by atoms with van der Waals surface area (Å²) in [4.78, 5) is 41.1. The SMILES string of the molecule is CC(=O)CCCCC[C@H](NC(=O)CN1C=C(Cl)NC1)c1[nH]c(-c2ccccc2)c[nH+]1.O=C([O-])C(F)(F)F. The lowest BCUT2D eigenvalue weighted by Crippen LogP contribution is -2.38. The van der Waals surface area contributed by atoms with Crippen molar-refractivity contribution in [2.45, 2.75) is 51.2 Å². The van der Waals surface area contributed by atoms with E-state index in [1.807, 2.05) is 41.4 Å². The van der Waals surface area contributed by atoms with Gasteiger partial charge in [0.15, 0.2) is 5.69 Å². The van der Waals surface area contributed by atoms with Crippen LogP contribution in [0.4, 0.5) is 13.2 Å². The molecule has 37 heavy (non-hydrogen) atoms. The van der Waals surface area contributed by atoms with E-state index in [2.05, 4.69) is 20.6 Å². The van der Waals surface area contributed by atoms with Crippen molar-refractivity contribution < 1.29 is 37.6 Å². The molecule has 9 nitrogen and oxygen atoms in total. The largest absolute Gasteiger partial charge is 0.542 e. The van der Waals surface area contributed by atoms with Crippen molar-refractivity contribution in [2.24, 2.45) is 0 Å². The van der Waals surface area contributed by atoms with E-state index < -0.39 is 12.1 Å². The summed E-state index contributed by atoms with van der Waals surface area (Å²) in [7, 11) is 0. The minimum Gasteiger partial charge on any atom is -0.542 e. The Kier molecular flexibility index (Phi) is 11.4. The fourth-order valence-electron chi connectivity index (χ4n) is 3.47. The van der Waals surface area contributed by atoms with Gasteiger partial charge in [0.25, 0.3) is 5.82 Å². The quantitative estimate of drug-likeness (QED) is 0.294. The topological polar surface area (TPSA) is 132 Å². The summed E-state index contributed by atoms with van der Waals surface area (Å²) in [5, 5.41) is 15.4. The van der Waals surface area contributed by atoms with Crippen LogP contribution in [-0.2, 0) is 14.4 Å². The molecule has 4 N–H and O–H groups in total. The molecule has 202 valence electrons. The lowest BCUT2D eigenvalue weighted by atomic mass is 10.1. The standard InChI is InChI=1S/C22H28ClN5O2.C2HF3O2/c1-16(29)8-4-2-7-11-18(26-21(30)14-28-13-20(23)25-15-28)22-24-12-19(27-22)17-9-5-3-6-10-17;3-2(4,5)1(6)7/h3,5-6,9-10,12-13,18,25H,2,4,7-8,11,14-15H2,1H3,(H,24,27)(H,26,30);(H,6,7)/t18-;/m0./s1. The number of carboxylic acid groups (broad SMARTS) is 1. The molecule has 0 unspecified atom stereocenters. The number of rotatable bonds is 11. The molecular weight excluding hydrogens is 515 g/mol. The van der Waals surface area contributed by atoms with E-state index in [1.165, 1.54) is 0 Å². The van der Waals surface area contributed by atoms with E-state index >= 15 is 0 Å². The molecule has 0 spiro atoms. The van der Waals surface area contributed by atoms with Crippen LogP contribution in [0.1, 0.15) is 50.9 Å². The third-order valence-corrected chi connectivity index (χ3v) is 5.49. The number of aromatic amines is 2. The highest BCUT2D eigenvalue weighted by atomic mass is 35.5. The van der Waals surface area contributed by atoms with Gasteiger partial charge in [-0.3, -0.25) is 4.79 Å². The van der Waals surface area contributed by atoms with Gasteiger partial charge >= 0.3 is 6.18 Å². The van der Waals surface area contributed by atoms with E-state index in [0.717, 1.165) is 42.8 Å². The molecule has 0 radical (unpaired) electrons. The normalized spacial score (nSPS) is 13.6. The van der Waals surface area contributed by atoms with Gasteiger partial charge in [-0.2, -0.15) is 13.2 Å². The number of hydrogen-bond donors (Lipinski definition) is 3. The number of hydrogen-bond acceptors (Lipinski definition) is 6. The number of aliphatic carboxylic acids is 1. The zero-order valence-corrected chi connectivity index (χ0v) is 20.9. The molecule has 2 aromatic rings. The van der Waals surface area contributed by atoms with Crippen LogP contribution in [0.15, 0.2) is 47.9 Å². The number of carbonyl (C=O) groups is 3. The average molecular weight is 544 g/mol. The molecule has 0 bridgehead atoms. The van der Waals surface area contributed by atoms with Crippen molar-refractivity contribution >= 4 is 29.3 Å². The zero-order valence-electron chi connectivity index (χ0n) is 20.2. The predicted molar refractivity (Wildman–Crippen MR) is 127 cm³/mol. The van der Waals surface area contributed by atoms with Crippen LogP contribution in [0.2, 0.25) is 0 Å². The summed E-state index contributed by atoms with van der Waals surface area (Å²) in [6.45, 7) is 2.38. The molecule has 1 amide bonds. The van der Waals surface area contributed by atoms with E-state index in [0.29, 0.717) is 18.2 Å². The molecule has 3 rings (SSSR count). The number of ketones is 1. The maximum atomic E-state index is 12.6. The number of unbranched alkanes of at least 4 members (excludes halogenated alkanes) is 2. The van der Waals surface area contributed by atoms with Crippen molar-refractivity contribution in [1.82, 2.24) is 20.5 Å². The molecule has 1 aliphatic heterocycles. The number of H-pyrrole nitrogens is 2. The Morgan fingerprint density at radius 3 is 2.43 bits per heavy atom. The predicted octanol–water partition coefficient (Wildman–Crippen LogP) is 2.39. The van der Waals surface area contributed by atoms with Crippen molar-refractivity contribution in [3.05, 3.63) is 53.7 Å². The average Bonchev–Trinajstić information content (AvgIpc) is 3.47. The number of benzene rings is 1. The van der Waals surface area contributed by atoms with Crippen LogP contribution in [0.25, 0.3) is 11.3 Å². The van der Waals surface area contributed by atoms with Crippen LogP contribution in [0.3, 0.4) is 0 Å². The van der Waals surface area contributed by atoms with Crippen molar-refractivity contribution in [2.75, 3.05) is 13.2 Å². The number of Topliss-reactive ketones (excluding diaryl/α,β-unsaturated/α-hetero) is 1. The highest BCUT2D eigenvalue weighted by Gasteiger charge is 2.29. The first-order valence-corrected chi connectivity index (χ1v) is 11.9. The minimum atomic E-state index is -5.19. The molecule has 1 aromatic carbocycles. The van der Waals surface area contributed by atoms with E-state index in [1.54, 1.807) is 13.1 Å². The molecule has 0 saturated heterocycles. The lowest BCUT2D eigenvalue weighted by molar-refractivity contribution is -0.391. The van der Waals surface area contributed by atoms with Crippen LogP contribution in [0.5, 0.6) is 0 Å². The number of carbonyl (C=O) groups excluding carboxylic acids is 3. The molecule has 1 aromatic heterocycles. The van der Waals surface area contributed by atoms with Crippen molar-refractivity contribution in [3.8, 4) is 11.3 Å². The second-order valence-electron chi connectivity index (χ2n) is 8.37. The van der Waals surface area contributed by atoms with Crippen molar-refractivity contribution in [1.29, 1.82) is 0 Å². The number of nitrogens with one attached hydrogen (secondary N) is 4. The van der Waals surface area contributed by atoms with Gasteiger partial charge in [0.1, 0.15) is 29.1 Å². The van der Waals surface area contributed by atoms with Gasteiger partial charge in [0.2, 0.25) is 5.91 Å². The van der Waals surface area contributed by atoms with Gasteiger partial charge in [0.05, 0.1) is 13.2 Å². The monoisotopic (exact) mass is 543 g/mol. The third kappa shape index (κ3) is 10.9.